The lowest BCUT2D eigenvalue weighted by Crippen LogP contribution is -2.68. The van der Waals surface area contributed by atoms with Gasteiger partial charge in [0.1, 0.15) is 22.2 Å². The second kappa shape index (κ2) is 8.78. The Bertz CT molecular complexity index is 876. The normalized spacial score (nSPS) is 23.0. The maximum Gasteiger partial charge on any atom is 0.353 e. The summed E-state index contributed by atoms with van der Waals surface area (Å²) < 4.78 is 5.76. The van der Waals surface area contributed by atoms with Crippen molar-refractivity contribution >= 4 is 47.2 Å². The lowest BCUT2D eigenvalue weighted by Gasteiger charge is -2.50. The van der Waals surface area contributed by atoms with Crippen molar-refractivity contribution in [2.24, 2.45) is 0 Å². The van der Waals surface area contributed by atoms with Crippen molar-refractivity contribution in [3.8, 4) is 5.75 Å². The number of fused-ring (bicyclic) bond motifs is 1. The van der Waals surface area contributed by atoms with Crippen molar-refractivity contribution < 1.29 is 29.0 Å². The van der Waals surface area contributed by atoms with Crippen LogP contribution in [0.5, 0.6) is 5.75 Å². The Morgan fingerprint density at radius 2 is 1.90 bits per heavy atom. The summed E-state index contributed by atoms with van der Waals surface area (Å²) >= 11 is 2.28. The Balaban J connectivity index is 1.89. The zero-order valence-electron chi connectivity index (χ0n) is 15.6. The van der Waals surface area contributed by atoms with E-state index in [0.29, 0.717) is 5.75 Å². The van der Waals surface area contributed by atoms with Crippen LogP contribution < -0.4 is 15.4 Å². The molecule has 29 heavy (non-hydrogen) atoms. The van der Waals surface area contributed by atoms with Gasteiger partial charge < -0.3 is 20.5 Å². The van der Waals surface area contributed by atoms with Gasteiger partial charge in [-0.1, -0.05) is 18.2 Å². The van der Waals surface area contributed by atoms with Crippen LogP contribution in [-0.2, 0) is 19.2 Å². The van der Waals surface area contributed by atoms with Crippen LogP contribution in [0.1, 0.15) is 13.8 Å². The first kappa shape index (κ1) is 21.1. The number of para-hydroxylation sites is 1. The Morgan fingerprint density at radius 3 is 2.48 bits per heavy atom. The number of β-lactam (4-membered cyclic amide) rings is 1. The van der Waals surface area contributed by atoms with Crippen molar-refractivity contribution in [3.63, 3.8) is 0 Å². The molecule has 9 nitrogen and oxygen atoms in total. The molecule has 154 valence electrons. The average Bonchev–Trinajstić information content (AvgIpc) is 2.66. The number of thioether (sulfide) groups is 2. The van der Waals surface area contributed by atoms with Crippen LogP contribution in [0.3, 0.4) is 0 Å². The van der Waals surface area contributed by atoms with E-state index in [1.54, 1.807) is 24.3 Å². The summed E-state index contributed by atoms with van der Waals surface area (Å²) in [4.78, 5) is 49.0. The maximum absolute atomic E-state index is 12.7. The largest absolute Gasteiger partial charge is 0.477 e. The topological polar surface area (TPSA) is 125 Å². The summed E-state index contributed by atoms with van der Waals surface area (Å²) in [6.45, 7) is 2.67. The van der Waals surface area contributed by atoms with Gasteiger partial charge in [0, 0.05) is 13.8 Å². The van der Waals surface area contributed by atoms with Gasteiger partial charge in [0.25, 0.3) is 5.91 Å². The van der Waals surface area contributed by atoms with E-state index in [1.165, 1.54) is 30.5 Å². The average molecular weight is 437 g/mol. The minimum absolute atomic E-state index is 0.106. The van der Waals surface area contributed by atoms with Crippen LogP contribution in [0.15, 0.2) is 40.9 Å². The standard InChI is InChI=1S/C18H19N3O6S2/c1-9(22)19-8-28-14-12(18(25)26)21-16(24)13(27-11-6-4-3-5-7-11)17(21)29-15(14)20-10(2)23/h3-7,13,15,17H,8H2,1-2H3,(H,19,22)(H,20,23)(H,25,26)/t13-,15?,17-/m1/s1. The number of aliphatic carboxylic acids is 1. The molecule has 0 aliphatic carbocycles. The summed E-state index contributed by atoms with van der Waals surface area (Å²) in [6.07, 6.45) is -0.866. The highest BCUT2D eigenvalue weighted by atomic mass is 32.2. The molecule has 3 atom stereocenters. The monoisotopic (exact) mass is 437 g/mol. The molecular formula is C18H19N3O6S2. The molecule has 0 aromatic heterocycles. The number of hydrogen-bond donors (Lipinski definition) is 3. The molecule has 2 heterocycles. The smallest absolute Gasteiger partial charge is 0.353 e. The van der Waals surface area contributed by atoms with Gasteiger partial charge in [-0.3, -0.25) is 19.3 Å². The first-order valence-corrected chi connectivity index (χ1v) is 10.5. The number of carboxylic acid groups (broad SMARTS) is 1. The molecule has 2 aliphatic heterocycles. The summed E-state index contributed by atoms with van der Waals surface area (Å²) in [5, 5.41) is 13.8. The molecular weight excluding hydrogens is 418 g/mol. The lowest BCUT2D eigenvalue weighted by molar-refractivity contribution is -0.157. The van der Waals surface area contributed by atoms with E-state index < -0.39 is 28.7 Å². The zero-order chi connectivity index (χ0) is 21.1. The Hall–Kier alpha value is -2.66. The fourth-order valence-electron chi connectivity index (χ4n) is 2.86. The third kappa shape index (κ3) is 4.51. The minimum Gasteiger partial charge on any atom is -0.477 e. The van der Waals surface area contributed by atoms with Gasteiger partial charge in [-0.05, 0) is 12.1 Å². The van der Waals surface area contributed by atoms with E-state index in [0.717, 1.165) is 11.8 Å². The van der Waals surface area contributed by atoms with Crippen LogP contribution in [0, 0.1) is 0 Å². The van der Waals surface area contributed by atoms with Gasteiger partial charge in [0.2, 0.25) is 17.9 Å². The SMILES string of the molecule is CC(=O)NCSC1=C(C(=O)O)N2C(=O)[C@@H](Oc3ccccc3)[C@H]2SC1NC(C)=O. The van der Waals surface area contributed by atoms with E-state index in [1.807, 2.05) is 6.07 Å². The maximum atomic E-state index is 12.7. The number of hydrogen-bond acceptors (Lipinski definition) is 7. The quantitative estimate of drug-likeness (QED) is 0.425. The predicted molar refractivity (Wildman–Crippen MR) is 108 cm³/mol. The first-order chi connectivity index (χ1) is 13.8. The Morgan fingerprint density at radius 1 is 1.21 bits per heavy atom. The van der Waals surface area contributed by atoms with Gasteiger partial charge >= 0.3 is 5.97 Å². The molecule has 1 saturated heterocycles. The Kier molecular flexibility index (Phi) is 6.38. The van der Waals surface area contributed by atoms with Gasteiger partial charge in [0.05, 0.1) is 10.8 Å². The number of carbonyl (C=O) groups is 4. The number of benzene rings is 1. The van der Waals surface area contributed by atoms with Crippen molar-refractivity contribution in [2.45, 2.75) is 30.7 Å². The highest BCUT2D eigenvalue weighted by molar-refractivity contribution is 8.06. The van der Waals surface area contributed by atoms with E-state index in [9.17, 15) is 24.3 Å². The molecule has 11 heteroatoms. The summed E-state index contributed by atoms with van der Waals surface area (Å²) in [5.41, 5.74) is -0.208. The number of carboxylic acids is 1. The summed E-state index contributed by atoms with van der Waals surface area (Å²) in [5.74, 6) is -1.78. The molecule has 1 fully saturated rings. The number of nitrogens with one attached hydrogen (secondary N) is 2. The fraction of sp³-hybridized carbons (Fsp3) is 0.333. The van der Waals surface area contributed by atoms with Crippen LogP contribution in [0.4, 0.5) is 0 Å². The van der Waals surface area contributed by atoms with Gasteiger partial charge in [-0.15, -0.1) is 23.5 Å². The molecule has 3 rings (SSSR count). The van der Waals surface area contributed by atoms with Crippen LogP contribution >= 0.6 is 23.5 Å². The molecule has 3 N–H and O–H groups in total. The molecule has 1 unspecified atom stereocenters. The second-order valence-corrected chi connectivity index (χ2v) is 8.45. The van der Waals surface area contributed by atoms with Crippen molar-refractivity contribution in [2.75, 3.05) is 5.88 Å². The molecule has 0 saturated carbocycles. The number of carbonyl (C=O) groups excluding carboxylic acids is 3. The molecule has 0 radical (unpaired) electrons. The molecule has 2 aliphatic rings. The van der Waals surface area contributed by atoms with Gasteiger partial charge in [-0.25, -0.2) is 4.79 Å². The molecule has 0 spiro atoms. The van der Waals surface area contributed by atoms with Crippen molar-refractivity contribution in [1.82, 2.24) is 15.5 Å². The minimum atomic E-state index is -1.29. The summed E-state index contributed by atoms with van der Waals surface area (Å²) in [7, 11) is 0. The Labute approximate surface area is 175 Å². The second-order valence-electron chi connectivity index (χ2n) is 6.21. The number of ether oxygens (including phenoxy) is 1. The highest BCUT2D eigenvalue weighted by Gasteiger charge is 2.57. The van der Waals surface area contributed by atoms with Crippen molar-refractivity contribution in [3.05, 3.63) is 40.9 Å². The summed E-state index contributed by atoms with van der Waals surface area (Å²) in [6, 6.07) is 8.76. The van der Waals surface area contributed by atoms with Crippen LogP contribution in [0.25, 0.3) is 0 Å². The van der Waals surface area contributed by atoms with Gasteiger partial charge in [-0.2, -0.15) is 0 Å². The zero-order valence-corrected chi connectivity index (χ0v) is 17.2. The molecule has 1 aromatic carbocycles. The number of rotatable bonds is 7. The lowest BCUT2D eigenvalue weighted by atomic mass is 10.1. The first-order valence-electron chi connectivity index (χ1n) is 8.61. The molecule has 0 bridgehead atoms. The molecule has 3 amide bonds. The van der Waals surface area contributed by atoms with Gasteiger partial charge in [0.15, 0.2) is 0 Å². The van der Waals surface area contributed by atoms with E-state index in [4.69, 9.17) is 4.74 Å². The van der Waals surface area contributed by atoms with E-state index in [-0.39, 0.29) is 28.3 Å². The van der Waals surface area contributed by atoms with Crippen molar-refractivity contribution in [1.29, 1.82) is 0 Å². The highest BCUT2D eigenvalue weighted by Crippen LogP contribution is 2.47. The number of amides is 3. The predicted octanol–water partition coefficient (Wildman–Crippen LogP) is 0.934. The van der Waals surface area contributed by atoms with E-state index >= 15 is 0 Å². The third-order valence-electron chi connectivity index (χ3n) is 4.07. The molecule has 1 aromatic rings. The van der Waals surface area contributed by atoms with Crippen LogP contribution in [0.2, 0.25) is 0 Å². The van der Waals surface area contributed by atoms with E-state index in [2.05, 4.69) is 10.6 Å². The fourth-order valence-corrected chi connectivity index (χ4v) is 5.59. The van der Waals surface area contributed by atoms with Crippen LogP contribution in [-0.4, -0.2) is 56.4 Å². The number of nitrogens with zero attached hydrogens (tertiary/aromatic N) is 1. The third-order valence-corrected chi connectivity index (χ3v) is 6.61.